The van der Waals surface area contributed by atoms with Crippen molar-refractivity contribution in [2.45, 2.75) is 27.2 Å². The summed E-state index contributed by atoms with van der Waals surface area (Å²) in [6.45, 7) is 5.77. The predicted octanol–water partition coefficient (Wildman–Crippen LogP) is 4.52. The van der Waals surface area contributed by atoms with Crippen LogP contribution in [0.5, 0.6) is 0 Å². The Kier molecular flexibility index (Phi) is 4.95. The molecule has 146 valence electrons. The number of anilines is 3. The molecule has 0 fully saturated rings. The number of carbonyl (C=O) groups is 1. The second-order valence-corrected chi connectivity index (χ2v) is 6.83. The molecule has 0 spiro atoms. The van der Waals surface area contributed by atoms with Crippen molar-refractivity contribution in [2.75, 3.05) is 10.6 Å². The van der Waals surface area contributed by atoms with Crippen molar-refractivity contribution in [3.8, 4) is 5.82 Å². The molecule has 0 aliphatic carbocycles. The number of hydrogen-bond donors (Lipinski definition) is 2. The first-order chi connectivity index (χ1) is 14.0. The minimum Gasteiger partial charge on any atom is -0.337 e. The van der Waals surface area contributed by atoms with E-state index in [0.717, 1.165) is 33.8 Å². The van der Waals surface area contributed by atoms with Crippen molar-refractivity contribution in [3.05, 3.63) is 66.0 Å². The number of nitrogens with one attached hydrogen (secondary N) is 2. The summed E-state index contributed by atoms with van der Waals surface area (Å²) in [5.41, 5.74) is 5.09. The van der Waals surface area contributed by atoms with Gasteiger partial charge in [-0.2, -0.15) is 5.10 Å². The van der Waals surface area contributed by atoms with E-state index in [-0.39, 0.29) is 5.91 Å². The minimum atomic E-state index is -0.0158. The van der Waals surface area contributed by atoms with Crippen LogP contribution in [0.4, 0.5) is 17.2 Å². The van der Waals surface area contributed by atoms with E-state index in [2.05, 4.69) is 15.7 Å². The highest BCUT2D eigenvalue weighted by Gasteiger charge is 2.14. The predicted molar refractivity (Wildman–Crippen MR) is 115 cm³/mol. The number of para-hydroxylation sites is 2. The molecule has 4 rings (SSSR count). The Bertz CT molecular complexity index is 1180. The third-order valence-electron chi connectivity index (χ3n) is 4.51. The third kappa shape index (κ3) is 3.94. The highest BCUT2D eigenvalue weighted by molar-refractivity contribution is 5.90. The molecule has 4 aromatic rings. The number of amides is 1. The molecule has 7 heteroatoms. The van der Waals surface area contributed by atoms with Crippen molar-refractivity contribution in [2.24, 2.45) is 0 Å². The summed E-state index contributed by atoms with van der Waals surface area (Å²) in [7, 11) is 0. The number of rotatable bonds is 5. The molecular weight excluding hydrogens is 364 g/mol. The van der Waals surface area contributed by atoms with Gasteiger partial charge in [-0.25, -0.2) is 14.6 Å². The Balaban J connectivity index is 1.73. The first-order valence-electron chi connectivity index (χ1n) is 9.51. The fourth-order valence-electron chi connectivity index (χ4n) is 3.09. The molecule has 0 aliphatic heterocycles. The largest absolute Gasteiger partial charge is 0.337 e. The average Bonchev–Trinajstić information content (AvgIpc) is 3.06. The van der Waals surface area contributed by atoms with Crippen LogP contribution in [0.1, 0.15) is 24.7 Å². The van der Waals surface area contributed by atoms with Crippen molar-refractivity contribution < 1.29 is 4.79 Å². The maximum Gasteiger partial charge on any atom is 0.224 e. The van der Waals surface area contributed by atoms with E-state index in [4.69, 9.17) is 9.97 Å². The zero-order valence-electron chi connectivity index (χ0n) is 16.6. The molecule has 0 saturated heterocycles. The molecule has 2 aromatic carbocycles. The van der Waals surface area contributed by atoms with Crippen molar-refractivity contribution >= 4 is 34.1 Å². The van der Waals surface area contributed by atoms with Crippen LogP contribution in [0.15, 0.2) is 54.6 Å². The van der Waals surface area contributed by atoms with Gasteiger partial charge in [0.1, 0.15) is 0 Å². The Morgan fingerprint density at radius 2 is 1.62 bits per heavy atom. The third-order valence-corrected chi connectivity index (χ3v) is 4.51. The number of aromatic nitrogens is 4. The highest BCUT2D eigenvalue weighted by Crippen LogP contribution is 2.25. The quantitative estimate of drug-likeness (QED) is 0.527. The monoisotopic (exact) mass is 386 g/mol. The van der Waals surface area contributed by atoms with E-state index >= 15 is 0 Å². The van der Waals surface area contributed by atoms with Gasteiger partial charge in [0.2, 0.25) is 5.91 Å². The first kappa shape index (κ1) is 18.6. The lowest BCUT2D eigenvalue weighted by Gasteiger charge is -2.13. The molecule has 0 radical (unpaired) electrons. The molecule has 2 N–H and O–H groups in total. The molecule has 0 aliphatic rings. The normalized spacial score (nSPS) is 10.9. The highest BCUT2D eigenvalue weighted by atomic mass is 16.1. The number of benzene rings is 2. The fourth-order valence-corrected chi connectivity index (χ4v) is 3.09. The second kappa shape index (κ2) is 7.71. The Labute approximate surface area is 168 Å². The molecule has 0 saturated carbocycles. The van der Waals surface area contributed by atoms with Crippen LogP contribution in [-0.4, -0.2) is 25.7 Å². The Morgan fingerprint density at radius 3 is 2.24 bits per heavy atom. The molecule has 0 unspecified atom stereocenters. The first-order valence-corrected chi connectivity index (χ1v) is 9.51. The van der Waals surface area contributed by atoms with Gasteiger partial charge in [-0.05, 0) is 56.3 Å². The Hall–Kier alpha value is -3.74. The van der Waals surface area contributed by atoms with Gasteiger partial charge in [-0.3, -0.25) is 4.79 Å². The SMILES string of the molecule is CCC(=O)Nc1ccc(Nc2nc3ccccc3nc2-n2nc(C)cc2C)cc1. The van der Waals surface area contributed by atoms with Gasteiger partial charge in [0.05, 0.1) is 16.7 Å². The van der Waals surface area contributed by atoms with Gasteiger partial charge >= 0.3 is 0 Å². The number of hydrogen-bond acceptors (Lipinski definition) is 5. The van der Waals surface area contributed by atoms with Crippen LogP contribution >= 0.6 is 0 Å². The summed E-state index contributed by atoms with van der Waals surface area (Å²) in [5.74, 6) is 1.23. The smallest absolute Gasteiger partial charge is 0.224 e. The van der Waals surface area contributed by atoms with E-state index in [0.29, 0.717) is 18.1 Å². The molecule has 29 heavy (non-hydrogen) atoms. The lowest BCUT2D eigenvalue weighted by atomic mass is 10.2. The molecule has 0 bridgehead atoms. The zero-order chi connectivity index (χ0) is 20.4. The van der Waals surface area contributed by atoms with Crippen LogP contribution < -0.4 is 10.6 Å². The van der Waals surface area contributed by atoms with Crippen LogP contribution in [0, 0.1) is 13.8 Å². The summed E-state index contributed by atoms with van der Waals surface area (Å²) in [6, 6.07) is 17.3. The maximum atomic E-state index is 11.6. The van der Waals surface area contributed by atoms with Crippen LogP contribution in [0.25, 0.3) is 16.9 Å². The van der Waals surface area contributed by atoms with Gasteiger partial charge in [-0.1, -0.05) is 19.1 Å². The zero-order valence-corrected chi connectivity index (χ0v) is 16.6. The van der Waals surface area contributed by atoms with Crippen LogP contribution in [-0.2, 0) is 4.79 Å². The van der Waals surface area contributed by atoms with Gasteiger partial charge in [0.15, 0.2) is 11.6 Å². The van der Waals surface area contributed by atoms with Gasteiger partial charge in [-0.15, -0.1) is 0 Å². The second-order valence-electron chi connectivity index (χ2n) is 6.83. The van der Waals surface area contributed by atoms with Crippen LogP contribution in [0.2, 0.25) is 0 Å². The summed E-state index contributed by atoms with van der Waals surface area (Å²) in [6.07, 6.45) is 0.443. The lowest BCUT2D eigenvalue weighted by Crippen LogP contribution is -2.10. The van der Waals surface area contributed by atoms with Gasteiger partial charge < -0.3 is 10.6 Å². The molecule has 1 amide bonds. The number of carbonyl (C=O) groups excluding carboxylic acids is 1. The van der Waals surface area contributed by atoms with Gasteiger partial charge in [0.25, 0.3) is 0 Å². The summed E-state index contributed by atoms with van der Waals surface area (Å²) >= 11 is 0. The van der Waals surface area contributed by atoms with Gasteiger partial charge in [0, 0.05) is 23.5 Å². The number of nitrogens with zero attached hydrogens (tertiary/aromatic N) is 4. The average molecular weight is 386 g/mol. The van der Waals surface area contributed by atoms with Crippen molar-refractivity contribution in [3.63, 3.8) is 0 Å². The summed E-state index contributed by atoms with van der Waals surface area (Å²) in [5, 5.41) is 10.8. The molecular formula is C22H22N6O. The summed E-state index contributed by atoms with van der Waals surface area (Å²) < 4.78 is 1.80. The van der Waals surface area contributed by atoms with E-state index in [1.165, 1.54) is 0 Å². The van der Waals surface area contributed by atoms with E-state index in [9.17, 15) is 4.79 Å². The lowest BCUT2D eigenvalue weighted by molar-refractivity contribution is -0.115. The molecule has 2 heterocycles. The fraction of sp³-hybridized carbons (Fsp3) is 0.182. The maximum absolute atomic E-state index is 11.6. The van der Waals surface area contributed by atoms with Crippen molar-refractivity contribution in [1.29, 1.82) is 0 Å². The molecule has 0 atom stereocenters. The Morgan fingerprint density at radius 1 is 0.966 bits per heavy atom. The standard InChI is InChI=1S/C22H22N6O/c1-4-20(29)23-16-9-11-17(12-10-16)24-21-22(28-15(3)13-14(2)27-28)26-19-8-6-5-7-18(19)25-21/h5-13H,4H2,1-3H3,(H,23,29)(H,24,25). The number of fused-ring (bicyclic) bond motifs is 1. The molecule has 7 nitrogen and oxygen atoms in total. The van der Waals surface area contributed by atoms with E-state index in [1.54, 1.807) is 4.68 Å². The topological polar surface area (TPSA) is 84.7 Å². The van der Waals surface area contributed by atoms with E-state index < -0.39 is 0 Å². The molecule has 2 aromatic heterocycles. The minimum absolute atomic E-state index is 0.0158. The summed E-state index contributed by atoms with van der Waals surface area (Å²) in [4.78, 5) is 21.1. The van der Waals surface area contributed by atoms with E-state index in [1.807, 2.05) is 75.4 Å². The van der Waals surface area contributed by atoms with Crippen molar-refractivity contribution in [1.82, 2.24) is 19.7 Å². The number of aryl methyl sites for hydroxylation is 2. The van der Waals surface area contributed by atoms with Crippen LogP contribution in [0.3, 0.4) is 0 Å².